The minimum atomic E-state index is 0.342. The van der Waals surface area contributed by atoms with Crippen molar-refractivity contribution in [1.82, 2.24) is 5.32 Å². The lowest BCUT2D eigenvalue weighted by Gasteiger charge is -2.07. The molecule has 0 spiro atoms. The second-order valence-corrected chi connectivity index (χ2v) is 6.03. The van der Waals surface area contributed by atoms with E-state index in [4.69, 9.17) is 5.26 Å². The van der Waals surface area contributed by atoms with Crippen molar-refractivity contribution in [3.05, 3.63) is 35.4 Å². The highest BCUT2D eigenvalue weighted by Crippen LogP contribution is 2.62. The maximum Gasteiger partial charge on any atom is 0.0995 e. The first kappa shape index (κ1) is 12.1. The Balaban J connectivity index is 2.04. The maximum absolute atomic E-state index is 9.03. The van der Waals surface area contributed by atoms with E-state index in [0.29, 0.717) is 16.9 Å². The first-order chi connectivity index (χ1) is 7.91. The Kier molecular flexibility index (Phi) is 2.75. The number of nitriles is 1. The van der Waals surface area contributed by atoms with Gasteiger partial charge < -0.3 is 5.32 Å². The summed E-state index contributed by atoms with van der Waals surface area (Å²) in [6, 6.07) is 10.6. The van der Waals surface area contributed by atoms with Gasteiger partial charge in [0.1, 0.15) is 0 Å². The highest BCUT2D eigenvalue weighted by atomic mass is 15.0. The predicted molar refractivity (Wildman–Crippen MR) is 69.3 cm³/mol. The summed E-state index contributed by atoms with van der Waals surface area (Å²) in [6.45, 7) is 9.95. The van der Waals surface area contributed by atoms with E-state index in [1.807, 2.05) is 24.3 Å². The van der Waals surface area contributed by atoms with E-state index in [2.05, 4.69) is 39.1 Å². The standard InChI is InChI=1S/C15H20N2/c1-14(2)13(15(14,3)4)17-10-12-8-6-5-7-11(12)9-16/h5-8,13,17H,10H2,1-4H3. The second kappa shape index (κ2) is 3.85. The van der Waals surface area contributed by atoms with Gasteiger partial charge >= 0.3 is 0 Å². The first-order valence-corrected chi connectivity index (χ1v) is 6.12. The first-order valence-electron chi connectivity index (χ1n) is 6.12. The van der Waals surface area contributed by atoms with Crippen molar-refractivity contribution in [2.75, 3.05) is 0 Å². The van der Waals surface area contributed by atoms with Gasteiger partial charge in [-0.1, -0.05) is 45.9 Å². The Morgan fingerprint density at radius 3 is 2.29 bits per heavy atom. The molecule has 2 rings (SSSR count). The van der Waals surface area contributed by atoms with Crippen LogP contribution in [0.2, 0.25) is 0 Å². The van der Waals surface area contributed by atoms with Crippen molar-refractivity contribution < 1.29 is 0 Å². The molecular formula is C15H20N2. The third kappa shape index (κ3) is 1.85. The fourth-order valence-electron chi connectivity index (χ4n) is 2.70. The molecule has 0 unspecified atom stereocenters. The summed E-state index contributed by atoms with van der Waals surface area (Å²) in [5.74, 6) is 0. The molecule has 0 heterocycles. The van der Waals surface area contributed by atoms with Crippen LogP contribution < -0.4 is 5.32 Å². The zero-order valence-corrected chi connectivity index (χ0v) is 11.0. The van der Waals surface area contributed by atoms with Crippen LogP contribution in [0.25, 0.3) is 0 Å². The molecule has 17 heavy (non-hydrogen) atoms. The van der Waals surface area contributed by atoms with Gasteiger partial charge in [0.2, 0.25) is 0 Å². The van der Waals surface area contributed by atoms with Crippen LogP contribution in [-0.4, -0.2) is 6.04 Å². The van der Waals surface area contributed by atoms with E-state index >= 15 is 0 Å². The van der Waals surface area contributed by atoms with E-state index < -0.39 is 0 Å². The highest BCUT2D eigenvalue weighted by molar-refractivity contribution is 5.37. The Morgan fingerprint density at radius 2 is 1.76 bits per heavy atom. The van der Waals surface area contributed by atoms with Gasteiger partial charge in [-0.3, -0.25) is 0 Å². The van der Waals surface area contributed by atoms with Crippen LogP contribution in [-0.2, 0) is 6.54 Å². The molecule has 1 aromatic carbocycles. The van der Waals surface area contributed by atoms with Crippen LogP contribution in [0.5, 0.6) is 0 Å². The van der Waals surface area contributed by atoms with Crippen LogP contribution in [0.1, 0.15) is 38.8 Å². The topological polar surface area (TPSA) is 35.8 Å². The average molecular weight is 228 g/mol. The molecule has 0 bridgehead atoms. The molecule has 1 aliphatic rings. The minimum absolute atomic E-state index is 0.342. The molecule has 0 atom stereocenters. The minimum Gasteiger partial charge on any atom is -0.309 e. The van der Waals surface area contributed by atoms with E-state index in [-0.39, 0.29) is 0 Å². The lowest BCUT2D eigenvalue weighted by Crippen LogP contribution is -2.22. The van der Waals surface area contributed by atoms with Crippen molar-refractivity contribution in [2.45, 2.75) is 40.3 Å². The maximum atomic E-state index is 9.03. The van der Waals surface area contributed by atoms with Crippen molar-refractivity contribution in [3.8, 4) is 6.07 Å². The largest absolute Gasteiger partial charge is 0.309 e. The summed E-state index contributed by atoms with van der Waals surface area (Å²) < 4.78 is 0. The Hall–Kier alpha value is -1.33. The van der Waals surface area contributed by atoms with Crippen molar-refractivity contribution in [1.29, 1.82) is 5.26 Å². The van der Waals surface area contributed by atoms with Gasteiger partial charge in [0.25, 0.3) is 0 Å². The molecule has 0 amide bonds. The molecule has 1 aromatic rings. The van der Waals surface area contributed by atoms with Crippen molar-refractivity contribution in [3.63, 3.8) is 0 Å². The molecule has 0 saturated heterocycles. The molecule has 1 N–H and O–H groups in total. The Bertz CT molecular complexity index is 452. The predicted octanol–water partition coefficient (Wildman–Crippen LogP) is 3.08. The summed E-state index contributed by atoms with van der Waals surface area (Å²) in [5.41, 5.74) is 2.55. The van der Waals surface area contributed by atoms with Gasteiger partial charge in [0, 0.05) is 12.6 Å². The molecule has 0 aromatic heterocycles. The van der Waals surface area contributed by atoms with Crippen LogP contribution in [0, 0.1) is 22.2 Å². The lowest BCUT2D eigenvalue weighted by atomic mass is 10.0. The normalized spacial score (nSPS) is 20.9. The third-order valence-electron chi connectivity index (χ3n) is 4.66. The number of hydrogen-bond donors (Lipinski definition) is 1. The van der Waals surface area contributed by atoms with E-state index in [0.717, 1.165) is 17.7 Å². The fourth-order valence-corrected chi connectivity index (χ4v) is 2.70. The van der Waals surface area contributed by atoms with Gasteiger partial charge in [-0.25, -0.2) is 0 Å². The van der Waals surface area contributed by atoms with Gasteiger partial charge in [-0.2, -0.15) is 5.26 Å². The molecule has 1 fully saturated rings. The van der Waals surface area contributed by atoms with Crippen LogP contribution in [0.4, 0.5) is 0 Å². The number of nitrogens with one attached hydrogen (secondary N) is 1. The number of rotatable bonds is 3. The van der Waals surface area contributed by atoms with Gasteiger partial charge in [0.05, 0.1) is 11.6 Å². The van der Waals surface area contributed by atoms with Gasteiger partial charge in [-0.15, -0.1) is 0 Å². The monoisotopic (exact) mass is 228 g/mol. The zero-order valence-electron chi connectivity index (χ0n) is 11.0. The highest BCUT2D eigenvalue weighted by Gasteiger charge is 2.64. The zero-order chi connectivity index (χ0) is 12.7. The van der Waals surface area contributed by atoms with Gasteiger partial charge in [0.15, 0.2) is 0 Å². The lowest BCUT2D eigenvalue weighted by molar-refractivity contribution is 0.457. The molecule has 2 heteroatoms. The van der Waals surface area contributed by atoms with Crippen molar-refractivity contribution in [2.24, 2.45) is 10.8 Å². The Labute approximate surface area is 104 Å². The summed E-state index contributed by atoms with van der Waals surface area (Å²) in [5, 5.41) is 12.6. The summed E-state index contributed by atoms with van der Waals surface area (Å²) >= 11 is 0. The summed E-state index contributed by atoms with van der Waals surface area (Å²) in [6.07, 6.45) is 0. The summed E-state index contributed by atoms with van der Waals surface area (Å²) in [4.78, 5) is 0. The second-order valence-electron chi connectivity index (χ2n) is 6.03. The van der Waals surface area contributed by atoms with E-state index in [9.17, 15) is 0 Å². The van der Waals surface area contributed by atoms with Crippen LogP contribution >= 0.6 is 0 Å². The average Bonchev–Trinajstić information content (AvgIpc) is 2.67. The molecular weight excluding hydrogens is 208 g/mol. The molecule has 0 radical (unpaired) electrons. The number of benzene rings is 1. The molecule has 90 valence electrons. The molecule has 1 aliphatic carbocycles. The van der Waals surface area contributed by atoms with Crippen LogP contribution in [0.15, 0.2) is 24.3 Å². The fraction of sp³-hybridized carbons (Fsp3) is 0.533. The number of hydrogen-bond acceptors (Lipinski definition) is 2. The smallest absolute Gasteiger partial charge is 0.0995 e. The van der Waals surface area contributed by atoms with Crippen LogP contribution in [0.3, 0.4) is 0 Å². The molecule has 0 aliphatic heterocycles. The molecule has 2 nitrogen and oxygen atoms in total. The van der Waals surface area contributed by atoms with E-state index in [1.165, 1.54) is 0 Å². The third-order valence-corrected chi connectivity index (χ3v) is 4.66. The SMILES string of the molecule is CC1(C)C(NCc2ccccc2C#N)C1(C)C. The van der Waals surface area contributed by atoms with Gasteiger partial charge in [-0.05, 0) is 22.5 Å². The Morgan fingerprint density at radius 1 is 1.18 bits per heavy atom. The summed E-state index contributed by atoms with van der Waals surface area (Å²) in [7, 11) is 0. The molecule has 1 saturated carbocycles. The van der Waals surface area contributed by atoms with E-state index in [1.54, 1.807) is 0 Å². The number of nitrogens with zero attached hydrogens (tertiary/aromatic N) is 1. The van der Waals surface area contributed by atoms with Crippen molar-refractivity contribution >= 4 is 0 Å². The quantitative estimate of drug-likeness (QED) is 0.863.